The molecule has 3 aromatic rings. The summed E-state index contributed by atoms with van der Waals surface area (Å²) in [5.74, 6) is -0.472. The van der Waals surface area contributed by atoms with E-state index >= 15 is 0 Å². The molecule has 0 aromatic heterocycles. The number of sulfonamides is 1. The van der Waals surface area contributed by atoms with Gasteiger partial charge in [0.15, 0.2) is 0 Å². The second kappa shape index (κ2) is 10.9. The second-order valence-electron chi connectivity index (χ2n) is 8.67. The van der Waals surface area contributed by atoms with Gasteiger partial charge in [-0.15, -0.1) is 0 Å². The first-order chi connectivity index (χ1) is 18.0. The van der Waals surface area contributed by atoms with E-state index in [1.54, 1.807) is 29.0 Å². The molecule has 0 spiro atoms. The zero-order chi connectivity index (χ0) is 27.5. The zero-order valence-electron chi connectivity index (χ0n) is 20.8. The number of anilines is 3. The lowest BCUT2D eigenvalue weighted by atomic mass is 9.99. The zero-order valence-corrected chi connectivity index (χ0v) is 21.6. The Morgan fingerprint density at radius 2 is 1.55 bits per heavy atom. The van der Waals surface area contributed by atoms with Gasteiger partial charge in [-0.25, -0.2) is 0 Å². The predicted molar refractivity (Wildman–Crippen MR) is 144 cm³/mol. The minimum Gasteiger partial charge on any atom is -0.354 e. The van der Waals surface area contributed by atoms with E-state index in [4.69, 9.17) is 0 Å². The van der Waals surface area contributed by atoms with Crippen LogP contribution in [0.1, 0.15) is 30.5 Å². The van der Waals surface area contributed by atoms with Gasteiger partial charge in [0.1, 0.15) is 0 Å². The Bertz CT molecular complexity index is 1450. The Kier molecular flexibility index (Phi) is 7.79. The summed E-state index contributed by atoms with van der Waals surface area (Å²) in [5.41, 5.74) is -2.09. The van der Waals surface area contributed by atoms with Crippen LogP contribution in [0.2, 0.25) is 0 Å². The van der Waals surface area contributed by atoms with Crippen molar-refractivity contribution in [2.24, 2.45) is 0 Å². The molecule has 200 valence electrons. The lowest BCUT2D eigenvalue weighted by Gasteiger charge is -2.19. The predicted octanol–water partition coefficient (Wildman–Crippen LogP) is 5.72. The average Bonchev–Trinajstić information content (AvgIpc) is 3.21. The van der Waals surface area contributed by atoms with Crippen LogP contribution in [0, 0.1) is 0 Å². The molecule has 3 aromatic carbocycles. The topological polar surface area (TPSA) is 90.5 Å². The third-order valence-electron chi connectivity index (χ3n) is 6.16. The van der Waals surface area contributed by atoms with Gasteiger partial charge in [0.05, 0.1) is 11.3 Å². The van der Waals surface area contributed by atoms with E-state index in [1.807, 2.05) is 30.3 Å². The first-order valence-corrected chi connectivity index (χ1v) is 13.4. The quantitative estimate of drug-likeness (QED) is 0.300. The van der Waals surface area contributed by atoms with Crippen molar-refractivity contribution in [3.8, 4) is 0 Å². The number of hydrogen-bond donors (Lipinski definition) is 3. The number of rotatable bonds is 9. The average molecular weight is 545 g/mol. The number of hydrogen-bond acceptors (Lipinski definition) is 5. The van der Waals surface area contributed by atoms with Crippen molar-refractivity contribution in [1.29, 1.82) is 0 Å². The van der Waals surface area contributed by atoms with Crippen LogP contribution in [0.15, 0.2) is 72.8 Å². The number of alkyl halides is 3. The normalized spacial score (nSPS) is 14.7. The van der Waals surface area contributed by atoms with E-state index in [0.717, 1.165) is 31.3 Å². The van der Waals surface area contributed by atoms with E-state index in [0.29, 0.717) is 22.6 Å². The van der Waals surface area contributed by atoms with Crippen LogP contribution in [0.25, 0.3) is 11.3 Å². The van der Waals surface area contributed by atoms with Gasteiger partial charge in [-0.1, -0.05) is 56.3 Å². The van der Waals surface area contributed by atoms with Crippen LogP contribution in [-0.4, -0.2) is 37.8 Å². The molecule has 4 rings (SSSR count). The Labute approximate surface area is 219 Å². The van der Waals surface area contributed by atoms with Gasteiger partial charge >= 0.3 is 15.5 Å². The molecule has 0 fully saturated rings. The van der Waals surface area contributed by atoms with Crippen molar-refractivity contribution in [2.45, 2.75) is 25.9 Å². The van der Waals surface area contributed by atoms with Crippen molar-refractivity contribution in [3.05, 3.63) is 89.5 Å². The molecule has 38 heavy (non-hydrogen) atoms. The summed E-state index contributed by atoms with van der Waals surface area (Å²) in [5, 5.41) is 6.00. The second-order valence-corrected chi connectivity index (χ2v) is 10.3. The molecule has 0 saturated heterocycles. The maximum Gasteiger partial charge on any atom is 0.516 e. The summed E-state index contributed by atoms with van der Waals surface area (Å²) in [6.07, 6.45) is 0. The molecule has 0 saturated carbocycles. The maximum absolute atomic E-state index is 13.1. The van der Waals surface area contributed by atoms with Crippen LogP contribution < -0.4 is 15.4 Å². The van der Waals surface area contributed by atoms with Gasteiger partial charge in [-0.3, -0.25) is 14.4 Å². The molecule has 7 nitrogen and oxygen atoms in total. The third kappa shape index (κ3) is 5.84. The smallest absolute Gasteiger partial charge is 0.354 e. The largest absolute Gasteiger partial charge is 0.516 e. The summed E-state index contributed by atoms with van der Waals surface area (Å²) in [4.78, 5) is 15.4. The van der Waals surface area contributed by atoms with Gasteiger partial charge in [-0.05, 0) is 54.5 Å². The molecule has 1 amide bonds. The molecule has 1 aliphatic rings. The summed E-state index contributed by atoms with van der Waals surface area (Å²) < 4.78 is 63.6. The number of fused-ring (bicyclic) bond motifs is 1. The summed E-state index contributed by atoms with van der Waals surface area (Å²) in [6.45, 7) is 6.85. The van der Waals surface area contributed by atoms with Crippen LogP contribution >= 0.6 is 0 Å². The van der Waals surface area contributed by atoms with E-state index in [-0.39, 0.29) is 16.8 Å². The molecule has 11 heteroatoms. The van der Waals surface area contributed by atoms with Crippen molar-refractivity contribution in [2.75, 3.05) is 28.4 Å². The number of nitrogens with one attached hydrogen (secondary N) is 3. The Hall–Kier alpha value is -3.83. The highest BCUT2D eigenvalue weighted by atomic mass is 32.2. The van der Waals surface area contributed by atoms with E-state index in [1.165, 1.54) is 12.1 Å². The molecule has 0 bridgehead atoms. The fraction of sp³-hybridized carbons (Fsp3) is 0.222. The number of carbonyl (C=O) groups is 1. The summed E-state index contributed by atoms with van der Waals surface area (Å²) in [7, 11) is -5.63. The minimum absolute atomic E-state index is 0.173. The molecule has 0 aliphatic carbocycles. The fourth-order valence-corrected chi connectivity index (χ4v) is 4.67. The summed E-state index contributed by atoms with van der Waals surface area (Å²) >= 11 is 0. The van der Waals surface area contributed by atoms with Gasteiger partial charge < -0.3 is 10.6 Å². The monoisotopic (exact) mass is 544 g/mol. The fourth-order valence-electron chi connectivity index (χ4n) is 4.12. The van der Waals surface area contributed by atoms with Crippen molar-refractivity contribution < 1.29 is 26.4 Å². The SMILES string of the molecule is CCN(CC)Cc1ccc(NC(=C2C(=O)Nc3ccc(NS(=O)(=O)C(F)(F)F)cc32)c2ccccc2)cc1. The highest BCUT2D eigenvalue weighted by Gasteiger charge is 2.46. The molecular formula is C27H27F3N4O3S. The Morgan fingerprint density at radius 1 is 0.921 bits per heavy atom. The third-order valence-corrected chi connectivity index (χ3v) is 7.27. The first kappa shape index (κ1) is 27.2. The molecule has 0 atom stereocenters. The van der Waals surface area contributed by atoms with Crippen LogP contribution in [-0.2, 0) is 21.4 Å². The van der Waals surface area contributed by atoms with Gasteiger partial charge in [-0.2, -0.15) is 21.6 Å². The van der Waals surface area contributed by atoms with Crippen LogP contribution in [0.5, 0.6) is 0 Å². The van der Waals surface area contributed by atoms with E-state index in [9.17, 15) is 26.4 Å². The molecule has 3 N–H and O–H groups in total. The van der Waals surface area contributed by atoms with Crippen molar-refractivity contribution in [3.63, 3.8) is 0 Å². The number of amides is 1. The molecule has 1 aliphatic heterocycles. The standard InChI is InChI=1S/C27H27F3N4O3S/c1-3-34(4-2)17-18-10-12-20(13-11-18)31-25(19-8-6-5-7-9-19)24-22-16-21(14-15-23(22)32-26(24)35)33-38(36,37)27(28,29)30/h5-16,31,33H,3-4,17H2,1-2H3,(H,32,35). The number of benzene rings is 3. The van der Waals surface area contributed by atoms with Gasteiger partial charge in [0.25, 0.3) is 5.91 Å². The highest BCUT2D eigenvalue weighted by molar-refractivity contribution is 7.93. The molecule has 0 unspecified atom stereocenters. The van der Waals surface area contributed by atoms with Crippen molar-refractivity contribution in [1.82, 2.24) is 4.90 Å². The lowest BCUT2D eigenvalue weighted by molar-refractivity contribution is -0.110. The van der Waals surface area contributed by atoms with Crippen molar-refractivity contribution >= 4 is 44.3 Å². The first-order valence-electron chi connectivity index (χ1n) is 11.9. The Morgan fingerprint density at radius 3 is 2.16 bits per heavy atom. The highest BCUT2D eigenvalue weighted by Crippen LogP contribution is 2.39. The Balaban J connectivity index is 1.75. The minimum atomic E-state index is -5.63. The lowest BCUT2D eigenvalue weighted by Crippen LogP contribution is -2.29. The molecular weight excluding hydrogens is 517 g/mol. The maximum atomic E-state index is 13.1. The van der Waals surface area contributed by atoms with E-state index < -0.39 is 21.4 Å². The number of nitrogens with zero attached hydrogens (tertiary/aromatic N) is 1. The number of carbonyl (C=O) groups excluding carboxylic acids is 1. The van der Waals surface area contributed by atoms with Crippen LogP contribution in [0.3, 0.4) is 0 Å². The van der Waals surface area contributed by atoms with Gasteiger partial charge in [0.2, 0.25) is 0 Å². The van der Waals surface area contributed by atoms with Crippen LogP contribution in [0.4, 0.5) is 30.2 Å². The summed E-state index contributed by atoms with van der Waals surface area (Å²) in [6, 6.07) is 20.5. The number of halogens is 3. The van der Waals surface area contributed by atoms with Gasteiger partial charge in [0, 0.05) is 29.2 Å². The van der Waals surface area contributed by atoms with E-state index in [2.05, 4.69) is 29.4 Å². The molecule has 1 heterocycles. The molecule has 0 radical (unpaired) electrons.